The lowest BCUT2D eigenvalue weighted by Gasteiger charge is -2.24. The third kappa shape index (κ3) is 5.05. The number of hydrogen-bond donors (Lipinski definition) is 2. The number of rotatable bonds is 7. The summed E-state index contributed by atoms with van der Waals surface area (Å²) in [5.41, 5.74) is 1.85. The van der Waals surface area contributed by atoms with Gasteiger partial charge < -0.3 is 15.2 Å². The van der Waals surface area contributed by atoms with Gasteiger partial charge in [0, 0.05) is 5.02 Å². The Hall–Kier alpha value is -1.62. The van der Waals surface area contributed by atoms with Crippen LogP contribution in [0.2, 0.25) is 15.1 Å². The Morgan fingerprint density at radius 3 is 2.39 bits per heavy atom. The fraction of sp³-hybridized carbons (Fsp3) is 0.381. The van der Waals surface area contributed by atoms with Gasteiger partial charge in [-0.25, -0.2) is 0 Å². The molecule has 0 aliphatic carbocycles. The summed E-state index contributed by atoms with van der Waals surface area (Å²) in [4.78, 5) is 12.2. The molecule has 2 aromatic rings. The molecule has 0 fully saturated rings. The van der Waals surface area contributed by atoms with Crippen molar-refractivity contribution in [2.24, 2.45) is 0 Å². The minimum atomic E-state index is -0.472. The summed E-state index contributed by atoms with van der Waals surface area (Å²) < 4.78 is 5.53. The van der Waals surface area contributed by atoms with Gasteiger partial charge in [0.15, 0.2) is 12.4 Å². The molecule has 2 rings (SSSR count). The van der Waals surface area contributed by atoms with Crippen molar-refractivity contribution in [2.75, 3.05) is 11.9 Å². The minimum Gasteiger partial charge on any atom is -0.504 e. The van der Waals surface area contributed by atoms with Gasteiger partial charge in [-0.2, -0.15) is 0 Å². The molecule has 0 unspecified atom stereocenters. The highest BCUT2D eigenvalue weighted by Crippen LogP contribution is 2.39. The van der Waals surface area contributed by atoms with Crippen molar-refractivity contribution >= 4 is 46.4 Å². The lowest BCUT2D eigenvalue weighted by Crippen LogP contribution is -2.20. The van der Waals surface area contributed by atoms with Gasteiger partial charge in [-0.3, -0.25) is 4.79 Å². The predicted molar refractivity (Wildman–Crippen MR) is 116 cm³/mol. The second-order valence-electron chi connectivity index (χ2n) is 7.12. The average molecular weight is 445 g/mol. The molecule has 0 radical (unpaired) electrons. The van der Waals surface area contributed by atoms with E-state index in [0.717, 1.165) is 12.0 Å². The Morgan fingerprint density at radius 2 is 1.82 bits per heavy atom. The first-order chi connectivity index (χ1) is 13.1. The molecule has 7 heteroatoms. The quantitative estimate of drug-likeness (QED) is 0.472. The van der Waals surface area contributed by atoms with E-state index in [2.05, 4.69) is 26.1 Å². The Kier molecular flexibility index (Phi) is 7.49. The number of anilines is 1. The number of halogens is 3. The first-order valence-electron chi connectivity index (χ1n) is 9.03. The van der Waals surface area contributed by atoms with Crippen LogP contribution >= 0.6 is 34.8 Å². The number of nitrogens with one attached hydrogen (secondary N) is 1. The zero-order valence-corrected chi connectivity index (χ0v) is 18.6. The fourth-order valence-corrected chi connectivity index (χ4v) is 3.60. The maximum Gasteiger partial charge on any atom is 0.262 e. The van der Waals surface area contributed by atoms with Crippen molar-refractivity contribution in [3.8, 4) is 11.5 Å². The van der Waals surface area contributed by atoms with E-state index in [4.69, 9.17) is 39.5 Å². The maximum atomic E-state index is 12.2. The lowest BCUT2D eigenvalue weighted by molar-refractivity contribution is -0.118. The molecule has 2 N–H and O–H groups in total. The van der Waals surface area contributed by atoms with Crippen molar-refractivity contribution in [1.29, 1.82) is 0 Å². The third-order valence-electron chi connectivity index (χ3n) is 4.87. The van der Waals surface area contributed by atoms with Crippen LogP contribution in [0.15, 0.2) is 24.3 Å². The molecule has 0 aliphatic heterocycles. The second-order valence-corrected chi connectivity index (χ2v) is 8.31. The molecule has 0 aromatic heterocycles. The van der Waals surface area contributed by atoms with Crippen LogP contribution in [0.4, 0.5) is 5.69 Å². The summed E-state index contributed by atoms with van der Waals surface area (Å²) >= 11 is 18.6. The number of carbonyl (C=O) groups excluding carboxylic acids is 1. The summed E-state index contributed by atoms with van der Waals surface area (Å²) in [5.74, 6) is -0.282. The van der Waals surface area contributed by atoms with Gasteiger partial charge in [0.25, 0.3) is 5.91 Å². The SMILES string of the molecule is CCc1c(Cl)cc(NC(=O)COc2ccc(C(C)(C)CC)cc2Cl)c(O)c1Cl. The number of benzene rings is 2. The van der Waals surface area contributed by atoms with Gasteiger partial charge >= 0.3 is 0 Å². The van der Waals surface area contributed by atoms with Gasteiger partial charge in [0.1, 0.15) is 5.75 Å². The molecule has 2 aromatic carbocycles. The predicted octanol–water partition coefficient (Wildman–Crippen LogP) is 6.62. The van der Waals surface area contributed by atoms with Crippen molar-refractivity contribution in [3.05, 3.63) is 50.5 Å². The molecule has 0 saturated carbocycles. The van der Waals surface area contributed by atoms with E-state index in [9.17, 15) is 9.90 Å². The Balaban J connectivity index is 2.08. The van der Waals surface area contributed by atoms with Crippen LogP contribution in [0.3, 0.4) is 0 Å². The third-order valence-corrected chi connectivity index (χ3v) is 5.91. The summed E-state index contributed by atoms with van der Waals surface area (Å²) in [7, 11) is 0. The number of hydrogen-bond acceptors (Lipinski definition) is 3. The zero-order valence-electron chi connectivity index (χ0n) is 16.3. The standard InChI is InChI=1S/C21H24Cl3NO3/c1-5-13-14(22)10-16(20(27)19(13)24)25-18(26)11-28-17-8-7-12(9-15(17)23)21(3,4)6-2/h7-10,27H,5-6,11H2,1-4H3,(H,25,26). The molecule has 0 atom stereocenters. The van der Waals surface area contributed by atoms with Gasteiger partial charge in [-0.1, -0.05) is 68.6 Å². The van der Waals surface area contributed by atoms with E-state index in [1.165, 1.54) is 6.07 Å². The zero-order chi connectivity index (χ0) is 21.1. The Bertz CT molecular complexity index is 882. The van der Waals surface area contributed by atoms with Gasteiger partial charge in [-0.15, -0.1) is 0 Å². The smallest absolute Gasteiger partial charge is 0.262 e. The maximum absolute atomic E-state index is 12.2. The van der Waals surface area contributed by atoms with E-state index < -0.39 is 5.91 Å². The number of carbonyl (C=O) groups is 1. The first-order valence-corrected chi connectivity index (χ1v) is 10.2. The van der Waals surface area contributed by atoms with Crippen molar-refractivity contribution in [3.63, 3.8) is 0 Å². The summed E-state index contributed by atoms with van der Waals surface area (Å²) in [6, 6.07) is 7.02. The van der Waals surface area contributed by atoms with Gasteiger partial charge in [0.2, 0.25) is 0 Å². The highest BCUT2D eigenvalue weighted by atomic mass is 35.5. The number of amides is 1. The van der Waals surface area contributed by atoms with Crippen LogP contribution in [0.25, 0.3) is 0 Å². The minimum absolute atomic E-state index is 0.000258. The van der Waals surface area contributed by atoms with E-state index in [1.54, 1.807) is 6.07 Å². The number of ether oxygens (including phenoxy) is 1. The fourth-order valence-electron chi connectivity index (χ4n) is 2.64. The molecule has 0 bridgehead atoms. The number of phenolic OH excluding ortho intramolecular Hbond substituents is 1. The van der Waals surface area contributed by atoms with Crippen molar-refractivity contribution < 1.29 is 14.6 Å². The van der Waals surface area contributed by atoms with Gasteiger partial charge in [0.05, 0.1) is 15.7 Å². The van der Waals surface area contributed by atoms with Crippen molar-refractivity contribution in [1.82, 2.24) is 0 Å². The van der Waals surface area contributed by atoms with Crippen LogP contribution in [-0.2, 0) is 16.6 Å². The van der Waals surface area contributed by atoms with Gasteiger partial charge in [-0.05, 0) is 47.6 Å². The van der Waals surface area contributed by atoms with Crippen LogP contribution < -0.4 is 10.1 Å². The summed E-state index contributed by atoms with van der Waals surface area (Å²) in [5, 5.41) is 13.7. The lowest BCUT2D eigenvalue weighted by atomic mass is 9.82. The largest absolute Gasteiger partial charge is 0.504 e. The van der Waals surface area contributed by atoms with E-state index in [-0.39, 0.29) is 28.5 Å². The molecule has 28 heavy (non-hydrogen) atoms. The van der Waals surface area contributed by atoms with E-state index in [0.29, 0.717) is 27.8 Å². The summed E-state index contributed by atoms with van der Waals surface area (Å²) in [6.45, 7) is 7.98. The molecule has 0 aliphatic rings. The molecule has 0 saturated heterocycles. The molecule has 0 heterocycles. The molecular weight excluding hydrogens is 421 g/mol. The normalized spacial score (nSPS) is 11.4. The summed E-state index contributed by atoms with van der Waals surface area (Å²) in [6.07, 6.45) is 1.53. The molecule has 0 spiro atoms. The number of aromatic hydroxyl groups is 1. The molecule has 152 valence electrons. The van der Waals surface area contributed by atoms with Crippen molar-refractivity contribution in [2.45, 2.75) is 46.0 Å². The highest BCUT2D eigenvalue weighted by molar-refractivity contribution is 6.37. The molecule has 4 nitrogen and oxygen atoms in total. The van der Waals surface area contributed by atoms with Crippen LogP contribution in [0, 0.1) is 0 Å². The Labute approximate surface area is 180 Å². The molecular formula is C21H24Cl3NO3. The van der Waals surface area contributed by atoms with Crippen LogP contribution in [0.5, 0.6) is 11.5 Å². The van der Waals surface area contributed by atoms with E-state index >= 15 is 0 Å². The van der Waals surface area contributed by atoms with E-state index in [1.807, 2.05) is 19.1 Å². The first kappa shape index (κ1) is 22.7. The highest BCUT2D eigenvalue weighted by Gasteiger charge is 2.20. The number of phenols is 1. The monoisotopic (exact) mass is 443 g/mol. The van der Waals surface area contributed by atoms with Crippen LogP contribution in [0.1, 0.15) is 45.2 Å². The molecule has 1 amide bonds. The Morgan fingerprint density at radius 1 is 1.14 bits per heavy atom. The van der Waals surface area contributed by atoms with Crippen LogP contribution in [-0.4, -0.2) is 17.6 Å². The topological polar surface area (TPSA) is 58.6 Å². The average Bonchev–Trinajstić information content (AvgIpc) is 2.65. The second kappa shape index (κ2) is 9.25.